The molecule has 0 saturated heterocycles. The summed E-state index contributed by atoms with van der Waals surface area (Å²) >= 11 is 0. The third-order valence-corrected chi connectivity index (χ3v) is 3.56. The predicted octanol–water partition coefficient (Wildman–Crippen LogP) is 3.67. The molecule has 1 atom stereocenters. The molecule has 2 aromatic carbocycles. The molecule has 6 nitrogen and oxygen atoms in total. The van der Waals surface area contributed by atoms with Crippen LogP contribution in [-0.2, 0) is 9.53 Å². The highest BCUT2D eigenvalue weighted by Gasteiger charge is 2.16. The summed E-state index contributed by atoms with van der Waals surface area (Å²) in [5.41, 5.74) is 1.05. The molecule has 138 valence electrons. The normalized spacial score (nSPS) is 11.3. The molecule has 1 unspecified atom stereocenters. The van der Waals surface area contributed by atoms with E-state index in [-0.39, 0.29) is 5.91 Å². The van der Waals surface area contributed by atoms with Gasteiger partial charge in [-0.1, -0.05) is 19.1 Å². The summed E-state index contributed by atoms with van der Waals surface area (Å²) in [5.74, 6) is 0.390. The molecule has 0 saturated carbocycles. The van der Waals surface area contributed by atoms with Crippen molar-refractivity contribution in [2.75, 3.05) is 19.0 Å². The molecule has 0 radical (unpaired) electrons. The molecule has 0 aliphatic rings. The molecule has 1 N–H and O–H groups in total. The molecule has 0 spiro atoms. The predicted molar refractivity (Wildman–Crippen MR) is 98.7 cm³/mol. The van der Waals surface area contributed by atoms with Crippen LogP contribution in [0.25, 0.3) is 0 Å². The first-order valence-electron chi connectivity index (χ1n) is 8.43. The lowest BCUT2D eigenvalue weighted by Gasteiger charge is -2.14. The van der Waals surface area contributed by atoms with E-state index in [1.165, 1.54) is 0 Å². The second-order valence-electron chi connectivity index (χ2n) is 5.61. The maximum absolute atomic E-state index is 12.4. The number of hydrogen-bond acceptors (Lipinski definition) is 5. The molecule has 2 aromatic rings. The Bertz CT molecular complexity index is 742. The van der Waals surface area contributed by atoms with Crippen LogP contribution in [0.5, 0.6) is 11.5 Å². The van der Waals surface area contributed by atoms with Crippen molar-refractivity contribution in [2.45, 2.75) is 26.4 Å². The summed E-state index contributed by atoms with van der Waals surface area (Å²) in [6, 6.07) is 13.7. The number of methoxy groups -OCH3 is 1. The SMILES string of the molecule is CCCOC(=O)C(C)Oc1ccc(C(=O)Nc2ccccc2OC)cc1. The van der Waals surface area contributed by atoms with E-state index in [1.807, 2.05) is 19.1 Å². The first kappa shape index (κ1) is 19.3. The number of para-hydroxylation sites is 2. The number of rotatable bonds is 8. The minimum atomic E-state index is -0.713. The van der Waals surface area contributed by atoms with Gasteiger partial charge in [0.15, 0.2) is 6.10 Å². The van der Waals surface area contributed by atoms with Crippen LogP contribution >= 0.6 is 0 Å². The lowest BCUT2D eigenvalue weighted by molar-refractivity contribution is -0.151. The lowest BCUT2D eigenvalue weighted by Crippen LogP contribution is -2.26. The number of ether oxygens (including phenoxy) is 3. The van der Waals surface area contributed by atoms with Gasteiger partial charge in [-0.2, -0.15) is 0 Å². The van der Waals surface area contributed by atoms with Crippen LogP contribution < -0.4 is 14.8 Å². The smallest absolute Gasteiger partial charge is 0.347 e. The summed E-state index contributed by atoms with van der Waals surface area (Å²) in [4.78, 5) is 24.1. The van der Waals surface area contributed by atoms with E-state index < -0.39 is 12.1 Å². The molecule has 0 aromatic heterocycles. The highest BCUT2D eigenvalue weighted by Crippen LogP contribution is 2.24. The number of carbonyl (C=O) groups is 2. The number of anilines is 1. The Morgan fingerprint density at radius 1 is 1.08 bits per heavy atom. The number of amides is 1. The van der Waals surface area contributed by atoms with Gasteiger partial charge in [0.05, 0.1) is 19.4 Å². The Hall–Kier alpha value is -3.02. The number of hydrogen-bond donors (Lipinski definition) is 1. The number of benzene rings is 2. The van der Waals surface area contributed by atoms with Gasteiger partial charge in [-0.25, -0.2) is 4.79 Å². The van der Waals surface area contributed by atoms with Gasteiger partial charge in [-0.3, -0.25) is 4.79 Å². The Morgan fingerprint density at radius 2 is 1.77 bits per heavy atom. The van der Waals surface area contributed by atoms with Gasteiger partial charge in [0.2, 0.25) is 0 Å². The molecule has 0 heterocycles. The van der Waals surface area contributed by atoms with Crippen LogP contribution in [0.4, 0.5) is 5.69 Å². The standard InChI is InChI=1S/C20H23NO5/c1-4-13-25-20(23)14(2)26-16-11-9-15(10-12-16)19(22)21-17-7-5-6-8-18(17)24-3/h5-12,14H,4,13H2,1-3H3,(H,21,22). The zero-order valence-electron chi connectivity index (χ0n) is 15.2. The fourth-order valence-corrected chi connectivity index (χ4v) is 2.20. The van der Waals surface area contributed by atoms with Crippen molar-refractivity contribution >= 4 is 17.6 Å². The van der Waals surface area contributed by atoms with Gasteiger partial charge in [0.1, 0.15) is 11.5 Å². The van der Waals surface area contributed by atoms with Gasteiger partial charge < -0.3 is 19.5 Å². The van der Waals surface area contributed by atoms with Crippen molar-refractivity contribution in [3.05, 3.63) is 54.1 Å². The van der Waals surface area contributed by atoms with Crippen LogP contribution in [-0.4, -0.2) is 31.7 Å². The Kier molecular flexibility index (Phi) is 7.02. The average molecular weight is 357 g/mol. The van der Waals surface area contributed by atoms with Crippen LogP contribution in [0, 0.1) is 0 Å². The molecule has 0 fully saturated rings. The van der Waals surface area contributed by atoms with E-state index in [4.69, 9.17) is 14.2 Å². The van der Waals surface area contributed by atoms with Crippen molar-refractivity contribution in [2.24, 2.45) is 0 Å². The zero-order chi connectivity index (χ0) is 18.9. The van der Waals surface area contributed by atoms with Crippen molar-refractivity contribution < 1.29 is 23.8 Å². The molecular weight excluding hydrogens is 334 g/mol. The molecule has 1 amide bonds. The summed E-state index contributed by atoms with van der Waals surface area (Å²) in [6.45, 7) is 3.92. The molecule has 0 aliphatic carbocycles. The second-order valence-corrected chi connectivity index (χ2v) is 5.61. The third-order valence-electron chi connectivity index (χ3n) is 3.56. The van der Waals surface area contributed by atoms with Gasteiger partial charge in [0.25, 0.3) is 5.91 Å². The molecule has 2 rings (SSSR count). The number of nitrogens with one attached hydrogen (secondary N) is 1. The van der Waals surface area contributed by atoms with Gasteiger partial charge in [-0.15, -0.1) is 0 Å². The van der Waals surface area contributed by atoms with E-state index in [0.717, 1.165) is 6.42 Å². The lowest BCUT2D eigenvalue weighted by atomic mass is 10.2. The molecule has 6 heteroatoms. The van der Waals surface area contributed by atoms with Crippen LogP contribution in [0.3, 0.4) is 0 Å². The van der Waals surface area contributed by atoms with Gasteiger partial charge in [-0.05, 0) is 49.7 Å². The van der Waals surface area contributed by atoms with Crippen LogP contribution in [0.1, 0.15) is 30.6 Å². The van der Waals surface area contributed by atoms with E-state index in [2.05, 4.69) is 5.32 Å². The van der Waals surface area contributed by atoms with Crippen molar-refractivity contribution in [1.82, 2.24) is 0 Å². The topological polar surface area (TPSA) is 73.9 Å². The molecule has 0 bridgehead atoms. The van der Waals surface area contributed by atoms with E-state index in [0.29, 0.717) is 29.4 Å². The third kappa shape index (κ3) is 5.24. The molecule has 26 heavy (non-hydrogen) atoms. The minimum Gasteiger partial charge on any atom is -0.495 e. The number of esters is 1. The van der Waals surface area contributed by atoms with E-state index in [1.54, 1.807) is 50.4 Å². The van der Waals surface area contributed by atoms with Crippen molar-refractivity contribution in [3.63, 3.8) is 0 Å². The first-order valence-corrected chi connectivity index (χ1v) is 8.43. The zero-order valence-corrected chi connectivity index (χ0v) is 15.2. The summed E-state index contributed by atoms with van der Waals surface area (Å²) in [5, 5.41) is 2.80. The summed E-state index contributed by atoms with van der Waals surface area (Å²) < 4.78 is 15.8. The first-order chi connectivity index (χ1) is 12.5. The Morgan fingerprint density at radius 3 is 2.42 bits per heavy atom. The van der Waals surface area contributed by atoms with Crippen molar-refractivity contribution in [3.8, 4) is 11.5 Å². The van der Waals surface area contributed by atoms with E-state index >= 15 is 0 Å². The fourth-order valence-electron chi connectivity index (χ4n) is 2.20. The second kappa shape index (κ2) is 9.46. The largest absolute Gasteiger partial charge is 0.495 e. The van der Waals surface area contributed by atoms with Crippen LogP contribution in [0.15, 0.2) is 48.5 Å². The summed E-state index contributed by atoms with van der Waals surface area (Å²) in [6.07, 6.45) is 0.0453. The van der Waals surface area contributed by atoms with Crippen molar-refractivity contribution in [1.29, 1.82) is 0 Å². The molecular formula is C20H23NO5. The highest BCUT2D eigenvalue weighted by molar-refractivity contribution is 6.05. The van der Waals surface area contributed by atoms with Gasteiger partial charge in [0, 0.05) is 5.56 Å². The maximum Gasteiger partial charge on any atom is 0.347 e. The quantitative estimate of drug-likeness (QED) is 0.730. The Labute approximate surface area is 153 Å². The van der Waals surface area contributed by atoms with E-state index in [9.17, 15) is 9.59 Å². The minimum absolute atomic E-state index is 0.267. The Balaban J connectivity index is 1.98. The molecule has 0 aliphatic heterocycles. The highest BCUT2D eigenvalue weighted by atomic mass is 16.6. The average Bonchev–Trinajstić information content (AvgIpc) is 2.66. The monoisotopic (exact) mass is 357 g/mol. The number of carbonyl (C=O) groups excluding carboxylic acids is 2. The fraction of sp³-hybridized carbons (Fsp3) is 0.300. The van der Waals surface area contributed by atoms with Crippen LogP contribution in [0.2, 0.25) is 0 Å². The van der Waals surface area contributed by atoms with Gasteiger partial charge >= 0.3 is 5.97 Å². The maximum atomic E-state index is 12.4. The summed E-state index contributed by atoms with van der Waals surface area (Å²) in [7, 11) is 1.55.